The number of piperidine rings is 1. The smallest absolute Gasteiger partial charge is 0.307 e. The van der Waals surface area contributed by atoms with Gasteiger partial charge in [-0.15, -0.1) is 0 Å². The number of β-amino-alcohol motifs (C(OH)–C–C–N with tert-alkyl or cyclic N) is 1. The first kappa shape index (κ1) is 14.3. The van der Waals surface area contributed by atoms with Crippen molar-refractivity contribution in [2.24, 2.45) is 5.92 Å². The van der Waals surface area contributed by atoms with Crippen LogP contribution in [0.2, 0.25) is 0 Å². The average molecular weight is 252 g/mol. The molecular formula is C10H18F2N2O3. The minimum absolute atomic E-state index is 0.0616. The van der Waals surface area contributed by atoms with Crippen LogP contribution in [0.3, 0.4) is 0 Å². The summed E-state index contributed by atoms with van der Waals surface area (Å²) in [5.74, 6) is -1.48. The quantitative estimate of drug-likeness (QED) is 0.600. The Morgan fingerprint density at radius 1 is 1.47 bits per heavy atom. The van der Waals surface area contributed by atoms with E-state index in [0.717, 1.165) is 0 Å². The molecule has 1 saturated heterocycles. The van der Waals surface area contributed by atoms with E-state index in [0.29, 0.717) is 26.1 Å². The molecular weight excluding hydrogens is 234 g/mol. The van der Waals surface area contributed by atoms with Crippen LogP contribution in [0.1, 0.15) is 6.42 Å². The standard InChI is InChI=1S/C10H18F2N2O3/c11-9(12)4-13-8-3-7(10(16)17)5-14(6-8)1-2-15/h7-9,13,15H,1-6H2,(H,16,17). The van der Waals surface area contributed by atoms with E-state index in [9.17, 15) is 13.6 Å². The predicted molar refractivity (Wildman–Crippen MR) is 57.1 cm³/mol. The maximum absolute atomic E-state index is 12.1. The van der Waals surface area contributed by atoms with Gasteiger partial charge in [-0.05, 0) is 6.42 Å². The van der Waals surface area contributed by atoms with E-state index >= 15 is 0 Å². The Kier molecular flexibility index (Phi) is 5.73. The number of aliphatic carboxylic acids is 1. The van der Waals surface area contributed by atoms with Crippen LogP contribution in [0.5, 0.6) is 0 Å². The van der Waals surface area contributed by atoms with E-state index in [1.807, 2.05) is 0 Å². The van der Waals surface area contributed by atoms with Crippen LogP contribution in [-0.2, 0) is 4.79 Å². The van der Waals surface area contributed by atoms with Gasteiger partial charge in [-0.1, -0.05) is 0 Å². The number of rotatable bonds is 6. The molecule has 0 saturated carbocycles. The summed E-state index contributed by atoms with van der Waals surface area (Å²) < 4.78 is 24.1. The largest absolute Gasteiger partial charge is 0.481 e. The number of hydrogen-bond donors (Lipinski definition) is 3. The molecule has 2 atom stereocenters. The van der Waals surface area contributed by atoms with Crippen LogP contribution in [0.15, 0.2) is 0 Å². The molecule has 3 N–H and O–H groups in total. The first-order valence-electron chi connectivity index (χ1n) is 5.60. The summed E-state index contributed by atoms with van der Waals surface area (Å²) in [5.41, 5.74) is 0. The maximum Gasteiger partial charge on any atom is 0.307 e. The summed E-state index contributed by atoms with van der Waals surface area (Å²) in [7, 11) is 0. The normalized spacial score (nSPS) is 26.4. The fourth-order valence-electron chi connectivity index (χ4n) is 2.10. The Hall–Kier alpha value is -0.790. The van der Waals surface area contributed by atoms with Crippen molar-refractivity contribution >= 4 is 5.97 Å². The van der Waals surface area contributed by atoms with Crippen LogP contribution in [-0.4, -0.2) is 66.3 Å². The SMILES string of the molecule is O=C(O)C1CC(NCC(F)F)CN(CCO)C1. The second-order valence-corrected chi connectivity index (χ2v) is 4.25. The molecule has 0 spiro atoms. The van der Waals surface area contributed by atoms with Gasteiger partial charge in [0.05, 0.1) is 19.1 Å². The van der Waals surface area contributed by atoms with Gasteiger partial charge in [0.25, 0.3) is 6.43 Å². The van der Waals surface area contributed by atoms with Crippen molar-refractivity contribution in [3.63, 3.8) is 0 Å². The first-order chi connectivity index (χ1) is 8.02. The third-order valence-electron chi connectivity index (χ3n) is 2.85. The minimum Gasteiger partial charge on any atom is -0.481 e. The van der Waals surface area contributed by atoms with Crippen molar-refractivity contribution in [2.75, 3.05) is 32.8 Å². The molecule has 0 radical (unpaired) electrons. The van der Waals surface area contributed by atoms with Crippen LogP contribution in [0, 0.1) is 5.92 Å². The van der Waals surface area contributed by atoms with Crippen LogP contribution >= 0.6 is 0 Å². The lowest BCUT2D eigenvalue weighted by molar-refractivity contribution is -0.144. The Balaban J connectivity index is 2.49. The summed E-state index contributed by atoms with van der Waals surface area (Å²) in [6.45, 7) is 0.744. The van der Waals surface area contributed by atoms with Crippen LogP contribution < -0.4 is 5.32 Å². The lowest BCUT2D eigenvalue weighted by Crippen LogP contribution is -2.52. The molecule has 0 amide bonds. The van der Waals surface area contributed by atoms with Gasteiger partial charge >= 0.3 is 5.97 Å². The van der Waals surface area contributed by atoms with E-state index in [1.165, 1.54) is 0 Å². The molecule has 5 nitrogen and oxygen atoms in total. The number of carboxylic acids is 1. The van der Waals surface area contributed by atoms with Crippen molar-refractivity contribution < 1.29 is 23.8 Å². The number of likely N-dealkylation sites (tertiary alicyclic amines) is 1. The van der Waals surface area contributed by atoms with Gasteiger partial charge in [-0.3, -0.25) is 9.69 Å². The van der Waals surface area contributed by atoms with Crippen molar-refractivity contribution in [1.29, 1.82) is 0 Å². The van der Waals surface area contributed by atoms with Gasteiger partial charge < -0.3 is 15.5 Å². The number of aliphatic hydroxyl groups is 1. The summed E-state index contributed by atoms with van der Waals surface area (Å²) in [6, 6.07) is -0.259. The third kappa shape index (κ3) is 4.93. The summed E-state index contributed by atoms with van der Waals surface area (Å²) in [4.78, 5) is 12.7. The fraction of sp³-hybridized carbons (Fsp3) is 0.900. The van der Waals surface area contributed by atoms with Crippen molar-refractivity contribution in [1.82, 2.24) is 10.2 Å². The molecule has 1 heterocycles. The number of carboxylic acid groups (broad SMARTS) is 1. The molecule has 17 heavy (non-hydrogen) atoms. The van der Waals surface area contributed by atoms with Crippen molar-refractivity contribution in [3.05, 3.63) is 0 Å². The highest BCUT2D eigenvalue weighted by atomic mass is 19.3. The zero-order chi connectivity index (χ0) is 12.8. The van der Waals surface area contributed by atoms with Gasteiger partial charge in [0.1, 0.15) is 0 Å². The van der Waals surface area contributed by atoms with E-state index in [2.05, 4.69) is 5.32 Å². The summed E-state index contributed by atoms with van der Waals surface area (Å²) in [5, 5.41) is 20.4. The fourth-order valence-corrected chi connectivity index (χ4v) is 2.10. The summed E-state index contributed by atoms with van der Waals surface area (Å²) in [6.07, 6.45) is -2.09. The van der Waals surface area contributed by atoms with Gasteiger partial charge in [0, 0.05) is 25.7 Å². The average Bonchev–Trinajstić information content (AvgIpc) is 2.26. The van der Waals surface area contributed by atoms with Crippen LogP contribution in [0.4, 0.5) is 8.78 Å². The predicted octanol–water partition coefficient (Wildman–Crippen LogP) is -0.392. The molecule has 0 bridgehead atoms. The van der Waals surface area contributed by atoms with Gasteiger partial charge in [-0.2, -0.15) is 0 Å². The van der Waals surface area contributed by atoms with Gasteiger partial charge in [-0.25, -0.2) is 8.78 Å². The monoisotopic (exact) mass is 252 g/mol. The van der Waals surface area contributed by atoms with E-state index < -0.39 is 24.9 Å². The highest BCUT2D eigenvalue weighted by Gasteiger charge is 2.31. The van der Waals surface area contributed by atoms with E-state index in [-0.39, 0.29) is 12.6 Å². The molecule has 1 aliphatic rings. The topological polar surface area (TPSA) is 72.8 Å². The van der Waals surface area contributed by atoms with E-state index in [1.54, 1.807) is 4.90 Å². The minimum atomic E-state index is -2.44. The molecule has 2 unspecified atom stereocenters. The number of hydrogen-bond acceptors (Lipinski definition) is 4. The molecule has 100 valence electrons. The number of aliphatic hydroxyl groups excluding tert-OH is 1. The number of carbonyl (C=O) groups is 1. The molecule has 7 heteroatoms. The molecule has 1 rings (SSSR count). The number of alkyl halides is 2. The second kappa shape index (κ2) is 6.83. The first-order valence-corrected chi connectivity index (χ1v) is 5.60. The van der Waals surface area contributed by atoms with Gasteiger partial charge in [0.2, 0.25) is 0 Å². The maximum atomic E-state index is 12.1. The molecule has 1 fully saturated rings. The Morgan fingerprint density at radius 3 is 2.71 bits per heavy atom. The zero-order valence-electron chi connectivity index (χ0n) is 9.48. The van der Waals surface area contributed by atoms with E-state index in [4.69, 9.17) is 10.2 Å². The molecule has 1 aliphatic heterocycles. The number of halogens is 2. The van der Waals surface area contributed by atoms with Crippen LogP contribution in [0.25, 0.3) is 0 Å². The number of nitrogens with one attached hydrogen (secondary N) is 1. The Morgan fingerprint density at radius 2 is 2.18 bits per heavy atom. The Bertz CT molecular complexity index is 254. The summed E-state index contributed by atoms with van der Waals surface area (Å²) >= 11 is 0. The molecule has 0 aromatic carbocycles. The van der Waals surface area contributed by atoms with Crippen molar-refractivity contribution in [2.45, 2.75) is 18.9 Å². The lowest BCUT2D eigenvalue weighted by atomic mass is 9.94. The molecule has 0 aromatic heterocycles. The second-order valence-electron chi connectivity index (χ2n) is 4.25. The van der Waals surface area contributed by atoms with Crippen molar-refractivity contribution in [3.8, 4) is 0 Å². The highest BCUT2D eigenvalue weighted by molar-refractivity contribution is 5.70. The molecule has 0 aliphatic carbocycles. The number of nitrogens with zero attached hydrogens (tertiary/aromatic N) is 1. The third-order valence-corrected chi connectivity index (χ3v) is 2.85. The highest BCUT2D eigenvalue weighted by Crippen LogP contribution is 2.17. The Labute approximate surface area is 98.4 Å². The molecule has 0 aromatic rings. The lowest BCUT2D eigenvalue weighted by Gasteiger charge is -2.36. The van der Waals surface area contributed by atoms with Gasteiger partial charge in [0.15, 0.2) is 0 Å². The zero-order valence-corrected chi connectivity index (χ0v) is 9.48.